The van der Waals surface area contributed by atoms with Gasteiger partial charge in [0, 0.05) is 28.8 Å². The Labute approximate surface area is 196 Å². The smallest absolute Gasteiger partial charge is 0.260 e. The lowest BCUT2D eigenvalue weighted by molar-refractivity contribution is 0.0996. The Kier molecular flexibility index (Phi) is 4.65. The first-order valence-electron chi connectivity index (χ1n) is 11.1. The van der Waals surface area contributed by atoms with Gasteiger partial charge in [-0.2, -0.15) is 0 Å². The lowest BCUT2D eigenvalue weighted by Gasteiger charge is -2.16. The second kappa shape index (κ2) is 7.84. The van der Waals surface area contributed by atoms with Crippen molar-refractivity contribution in [1.82, 2.24) is 29.7 Å². The molecule has 0 atom stereocenters. The number of fused-ring (bicyclic) bond motifs is 2. The number of para-hydroxylation sites is 1. The Morgan fingerprint density at radius 2 is 1.85 bits per heavy atom. The standard InChI is InChI=1S/C26H21N7O/c1-16(2)33-15-28-31-25(33)22-8-5-9-23(29-22)32-14-19-11-10-17(12-20(19)26(32)34)24-27-13-18-6-3-4-7-21(18)30-24/h3-13,15-16H,14H2,1-2H3. The summed E-state index contributed by atoms with van der Waals surface area (Å²) in [5.74, 6) is 1.77. The number of carbonyl (C=O) groups is 1. The van der Waals surface area contributed by atoms with Gasteiger partial charge in [0.05, 0.1) is 12.1 Å². The summed E-state index contributed by atoms with van der Waals surface area (Å²) in [7, 11) is 0. The molecule has 0 fully saturated rings. The molecule has 6 rings (SSSR count). The normalized spacial score (nSPS) is 13.1. The number of pyridine rings is 1. The summed E-state index contributed by atoms with van der Waals surface area (Å²) in [5.41, 5.74) is 3.96. The van der Waals surface area contributed by atoms with E-state index in [0.29, 0.717) is 35.3 Å². The number of amides is 1. The van der Waals surface area contributed by atoms with Crippen LogP contribution in [0.2, 0.25) is 0 Å². The van der Waals surface area contributed by atoms with Gasteiger partial charge in [0.15, 0.2) is 11.6 Å². The molecule has 0 spiro atoms. The Bertz CT molecular complexity index is 1560. The largest absolute Gasteiger partial charge is 0.310 e. The van der Waals surface area contributed by atoms with E-state index in [4.69, 9.17) is 4.98 Å². The van der Waals surface area contributed by atoms with Crippen molar-refractivity contribution in [2.45, 2.75) is 26.4 Å². The molecule has 166 valence electrons. The van der Waals surface area contributed by atoms with Gasteiger partial charge >= 0.3 is 0 Å². The molecule has 0 aliphatic carbocycles. The Hall–Kier alpha value is -4.46. The topological polar surface area (TPSA) is 89.7 Å². The lowest BCUT2D eigenvalue weighted by Crippen LogP contribution is -2.24. The fourth-order valence-corrected chi connectivity index (χ4v) is 4.24. The number of carbonyl (C=O) groups excluding carboxylic acids is 1. The molecule has 0 saturated heterocycles. The molecule has 1 amide bonds. The number of anilines is 1. The zero-order valence-corrected chi connectivity index (χ0v) is 18.8. The minimum atomic E-state index is -0.0902. The summed E-state index contributed by atoms with van der Waals surface area (Å²) in [4.78, 5) is 29.0. The highest BCUT2D eigenvalue weighted by Gasteiger charge is 2.30. The van der Waals surface area contributed by atoms with Gasteiger partial charge in [0.1, 0.15) is 17.8 Å². The molecule has 1 aliphatic heterocycles. The van der Waals surface area contributed by atoms with Crippen LogP contribution in [-0.2, 0) is 6.54 Å². The van der Waals surface area contributed by atoms with Crippen LogP contribution in [0.4, 0.5) is 5.82 Å². The number of aromatic nitrogens is 6. The minimum Gasteiger partial charge on any atom is -0.310 e. The third-order valence-electron chi connectivity index (χ3n) is 6.03. The zero-order chi connectivity index (χ0) is 23.2. The van der Waals surface area contributed by atoms with Gasteiger partial charge in [-0.1, -0.05) is 36.4 Å². The van der Waals surface area contributed by atoms with Gasteiger partial charge in [-0.25, -0.2) is 15.0 Å². The predicted molar refractivity (Wildman–Crippen MR) is 129 cm³/mol. The lowest BCUT2D eigenvalue weighted by atomic mass is 10.1. The maximum absolute atomic E-state index is 13.4. The molecule has 5 aromatic rings. The first-order valence-corrected chi connectivity index (χ1v) is 11.1. The van der Waals surface area contributed by atoms with E-state index in [2.05, 4.69) is 34.0 Å². The van der Waals surface area contributed by atoms with Crippen LogP contribution >= 0.6 is 0 Å². The number of nitrogens with zero attached hydrogens (tertiary/aromatic N) is 7. The fourth-order valence-electron chi connectivity index (χ4n) is 4.24. The summed E-state index contributed by atoms with van der Waals surface area (Å²) in [6, 6.07) is 19.5. The molecule has 34 heavy (non-hydrogen) atoms. The van der Waals surface area contributed by atoms with E-state index in [1.54, 1.807) is 11.2 Å². The van der Waals surface area contributed by atoms with Crippen LogP contribution in [-0.4, -0.2) is 35.6 Å². The van der Waals surface area contributed by atoms with E-state index in [1.165, 1.54) is 0 Å². The summed E-state index contributed by atoms with van der Waals surface area (Å²) in [6.07, 6.45) is 3.51. The summed E-state index contributed by atoms with van der Waals surface area (Å²) < 4.78 is 1.96. The van der Waals surface area contributed by atoms with Crippen LogP contribution in [0.15, 0.2) is 73.2 Å². The summed E-state index contributed by atoms with van der Waals surface area (Å²) >= 11 is 0. The summed E-state index contributed by atoms with van der Waals surface area (Å²) in [5, 5.41) is 9.25. The molecule has 3 aromatic heterocycles. The van der Waals surface area contributed by atoms with Crippen molar-refractivity contribution in [3.8, 4) is 22.9 Å². The maximum Gasteiger partial charge on any atom is 0.260 e. The third kappa shape index (κ3) is 3.31. The number of rotatable bonds is 4. The molecule has 0 N–H and O–H groups in total. The predicted octanol–water partition coefficient (Wildman–Crippen LogP) is 4.69. The minimum absolute atomic E-state index is 0.0902. The second-order valence-corrected chi connectivity index (χ2v) is 8.55. The van der Waals surface area contributed by atoms with E-state index in [0.717, 1.165) is 22.0 Å². The molecule has 2 aromatic carbocycles. The van der Waals surface area contributed by atoms with Crippen molar-refractivity contribution in [3.63, 3.8) is 0 Å². The van der Waals surface area contributed by atoms with Gasteiger partial charge in [0.2, 0.25) is 0 Å². The average Bonchev–Trinajstić information content (AvgIpc) is 3.49. The first-order chi connectivity index (χ1) is 16.6. The molecule has 0 unspecified atom stereocenters. The van der Waals surface area contributed by atoms with Crippen LogP contribution in [0.1, 0.15) is 35.8 Å². The van der Waals surface area contributed by atoms with E-state index in [1.807, 2.05) is 71.4 Å². The molecule has 4 heterocycles. The van der Waals surface area contributed by atoms with Crippen molar-refractivity contribution in [2.75, 3.05) is 4.90 Å². The SMILES string of the molecule is CC(C)n1cnnc1-c1cccc(N2Cc3ccc(-c4ncc5ccccc5n4)cc3C2=O)n1. The van der Waals surface area contributed by atoms with Crippen LogP contribution in [0.5, 0.6) is 0 Å². The van der Waals surface area contributed by atoms with E-state index < -0.39 is 0 Å². The highest BCUT2D eigenvalue weighted by Crippen LogP contribution is 2.31. The zero-order valence-electron chi connectivity index (χ0n) is 18.8. The van der Waals surface area contributed by atoms with Crippen molar-refractivity contribution < 1.29 is 4.79 Å². The van der Waals surface area contributed by atoms with Crippen molar-refractivity contribution in [1.29, 1.82) is 0 Å². The average molecular weight is 448 g/mol. The number of hydrogen-bond donors (Lipinski definition) is 0. The monoisotopic (exact) mass is 447 g/mol. The summed E-state index contributed by atoms with van der Waals surface area (Å²) in [6.45, 7) is 4.59. The number of hydrogen-bond acceptors (Lipinski definition) is 6. The van der Waals surface area contributed by atoms with Crippen LogP contribution < -0.4 is 4.90 Å². The van der Waals surface area contributed by atoms with Crippen molar-refractivity contribution in [2.24, 2.45) is 0 Å². The van der Waals surface area contributed by atoms with E-state index >= 15 is 0 Å². The molecule has 0 saturated carbocycles. The van der Waals surface area contributed by atoms with Crippen molar-refractivity contribution in [3.05, 3.63) is 84.3 Å². The molecule has 0 bridgehead atoms. The van der Waals surface area contributed by atoms with Crippen LogP contribution in [0.25, 0.3) is 33.8 Å². The Morgan fingerprint density at radius 1 is 0.971 bits per heavy atom. The number of benzene rings is 2. The van der Waals surface area contributed by atoms with Gasteiger partial charge in [0.25, 0.3) is 5.91 Å². The van der Waals surface area contributed by atoms with Crippen molar-refractivity contribution >= 4 is 22.6 Å². The van der Waals surface area contributed by atoms with Crippen LogP contribution in [0.3, 0.4) is 0 Å². The van der Waals surface area contributed by atoms with E-state index in [-0.39, 0.29) is 11.9 Å². The quantitative estimate of drug-likeness (QED) is 0.397. The highest BCUT2D eigenvalue weighted by atomic mass is 16.2. The second-order valence-electron chi connectivity index (χ2n) is 8.55. The Balaban J connectivity index is 1.33. The highest BCUT2D eigenvalue weighted by molar-refractivity contribution is 6.10. The van der Waals surface area contributed by atoms with Gasteiger partial charge < -0.3 is 4.57 Å². The molecular weight excluding hydrogens is 426 g/mol. The Morgan fingerprint density at radius 3 is 2.74 bits per heavy atom. The molecule has 1 aliphatic rings. The first kappa shape index (κ1) is 20.2. The molecule has 8 heteroatoms. The molecular formula is C26H21N7O. The van der Waals surface area contributed by atoms with Gasteiger partial charge in [-0.3, -0.25) is 9.69 Å². The maximum atomic E-state index is 13.4. The fraction of sp³-hybridized carbons (Fsp3) is 0.154. The molecule has 0 radical (unpaired) electrons. The molecule has 8 nitrogen and oxygen atoms in total. The van der Waals surface area contributed by atoms with Gasteiger partial charge in [-0.15, -0.1) is 10.2 Å². The van der Waals surface area contributed by atoms with E-state index in [9.17, 15) is 4.79 Å². The van der Waals surface area contributed by atoms with Crippen LogP contribution in [0, 0.1) is 0 Å². The third-order valence-corrected chi connectivity index (χ3v) is 6.03. The van der Waals surface area contributed by atoms with Gasteiger partial charge in [-0.05, 0) is 43.7 Å².